The van der Waals surface area contributed by atoms with E-state index in [0.29, 0.717) is 48.8 Å². The van der Waals surface area contributed by atoms with E-state index in [-0.39, 0.29) is 11.9 Å². The molecule has 2 N–H and O–H groups in total. The van der Waals surface area contributed by atoms with Crippen LogP contribution in [-0.4, -0.2) is 50.0 Å². The normalized spacial score (nSPS) is 15.6. The summed E-state index contributed by atoms with van der Waals surface area (Å²) in [6, 6.07) is 17.1. The molecule has 1 saturated heterocycles. The molecule has 168 valence electrons. The number of nitrogen functional groups attached to an aromatic ring is 1. The molecule has 9 nitrogen and oxygen atoms in total. The minimum absolute atomic E-state index is 0.0695. The third kappa shape index (κ3) is 4.57. The van der Waals surface area contributed by atoms with Crippen molar-refractivity contribution in [1.82, 2.24) is 24.4 Å². The lowest BCUT2D eigenvalue weighted by molar-refractivity contribution is -0.130. The van der Waals surface area contributed by atoms with Crippen molar-refractivity contribution in [2.24, 2.45) is 0 Å². The van der Waals surface area contributed by atoms with Gasteiger partial charge in [0, 0.05) is 13.1 Å². The summed E-state index contributed by atoms with van der Waals surface area (Å²) in [5.74, 6) is 2.64. The van der Waals surface area contributed by atoms with Crippen molar-refractivity contribution in [3.63, 3.8) is 0 Å². The van der Waals surface area contributed by atoms with Gasteiger partial charge in [0.05, 0.1) is 25.4 Å². The van der Waals surface area contributed by atoms with E-state index < -0.39 is 0 Å². The van der Waals surface area contributed by atoms with Crippen LogP contribution < -0.4 is 15.2 Å². The number of imidazole rings is 1. The summed E-state index contributed by atoms with van der Waals surface area (Å²) in [5, 5.41) is 0. The van der Waals surface area contributed by atoms with E-state index in [0.717, 1.165) is 17.9 Å². The van der Waals surface area contributed by atoms with Crippen molar-refractivity contribution >= 4 is 22.9 Å². The summed E-state index contributed by atoms with van der Waals surface area (Å²) >= 11 is 0. The zero-order chi connectivity index (χ0) is 22.6. The Kier molecular flexibility index (Phi) is 5.75. The minimum Gasteiger partial charge on any atom is -0.493 e. The highest BCUT2D eigenvalue weighted by Gasteiger charge is 2.28. The predicted octanol–water partition coefficient (Wildman–Crippen LogP) is 3.44. The molecule has 4 aromatic rings. The number of ether oxygens (including phenoxy) is 2. The van der Waals surface area contributed by atoms with E-state index >= 15 is 0 Å². The van der Waals surface area contributed by atoms with Crippen molar-refractivity contribution in [2.75, 3.05) is 25.4 Å². The maximum Gasteiger partial charge on any atom is 0.226 e. The molecule has 2 aromatic carbocycles. The maximum atomic E-state index is 12.7. The van der Waals surface area contributed by atoms with Gasteiger partial charge in [0.2, 0.25) is 5.91 Å². The smallest absolute Gasteiger partial charge is 0.226 e. The largest absolute Gasteiger partial charge is 0.493 e. The number of likely N-dealkylation sites (tertiary alicyclic amines) is 1. The van der Waals surface area contributed by atoms with E-state index in [2.05, 4.69) is 15.0 Å². The van der Waals surface area contributed by atoms with Crippen molar-refractivity contribution < 1.29 is 14.3 Å². The van der Waals surface area contributed by atoms with Crippen LogP contribution in [0.1, 0.15) is 18.9 Å². The van der Waals surface area contributed by atoms with Gasteiger partial charge in [0.25, 0.3) is 0 Å². The molecule has 3 heterocycles. The maximum absolute atomic E-state index is 12.7. The first-order chi connectivity index (χ1) is 16.2. The van der Waals surface area contributed by atoms with Gasteiger partial charge in [0.1, 0.15) is 29.1 Å². The average Bonchev–Trinajstić information content (AvgIpc) is 3.49. The fraction of sp³-hybridized carbons (Fsp3) is 0.250. The number of benzene rings is 2. The summed E-state index contributed by atoms with van der Waals surface area (Å²) in [7, 11) is 0. The zero-order valence-electron chi connectivity index (χ0n) is 18.0. The highest BCUT2D eigenvalue weighted by atomic mass is 16.5. The molecule has 9 heteroatoms. The summed E-state index contributed by atoms with van der Waals surface area (Å²) in [6.45, 7) is 1.62. The van der Waals surface area contributed by atoms with Gasteiger partial charge in [-0.1, -0.05) is 18.2 Å². The topological polar surface area (TPSA) is 108 Å². The van der Waals surface area contributed by atoms with Crippen LogP contribution in [0, 0.1) is 0 Å². The standard InChI is InChI=1S/C24H24N6O3/c25-23-22-24(27-15-26-23)30(16-28-22)17-10-12-29(14-17)21(31)11-13-32-18-6-8-20(9-7-18)33-19-4-2-1-3-5-19/h1-9,15-17H,10-14H2,(H2,25,26,27). The number of hydrogen-bond donors (Lipinski definition) is 1. The van der Waals surface area contributed by atoms with Gasteiger partial charge in [-0.2, -0.15) is 0 Å². The first-order valence-electron chi connectivity index (χ1n) is 10.8. The van der Waals surface area contributed by atoms with Crippen molar-refractivity contribution in [3.8, 4) is 17.2 Å². The number of rotatable bonds is 7. The van der Waals surface area contributed by atoms with Gasteiger partial charge < -0.3 is 24.7 Å². The number of nitrogens with zero attached hydrogens (tertiary/aromatic N) is 5. The lowest BCUT2D eigenvalue weighted by Gasteiger charge is -2.17. The van der Waals surface area contributed by atoms with Crippen LogP contribution in [0.2, 0.25) is 0 Å². The Bertz CT molecular complexity index is 1240. The Balaban J connectivity index is 1.11. The van der Waals surface area contributed by atoms with Gasteiger partial charge in [0.15, 0.2) is 11.5 Å². The molecule has 1 aliphatic heterocycles. The van der Waals surface area contributed by atoms with Crippen molar-refractivity contribution in [1.29, 1.82) is 0 Å². The van der Waals surface area contributed by atoms with Gasteiger partial charge in [-0.05, 0) is 42.8 Å². The van der Waals surface area contributed by atoms with Crippen LogP contribution >= 0.6 is 0 Å². The molecule has 0 saturated carbocycles. The molecule has 0 aliphatic carbocycles. The number of carbonyl (C=O) groups is 1. The molecule has 1 atom stereocenters. The molecule has 2 aromatic heterocycles. The summed E-state index contributed by atoms with van der Waals surface area (Å²) in [5.41, 5.74) is 7.17. The van der Waals surface area contributed by atoms with Gasteiger partial charge in [-0.15, -0.1) is 0 Å². The average molecular weight is 444 g/mol. The highest BCUT2D eigenvalue weighted by Crippen LogP contribution is 2.27. The molecule has 33 heavy (non-hydrogen) atoms. The number of nitrogens with two attached hydrogens (primary N) is 1. The first-order valence-corrected chi connectivity index (χ1v) is 10.8. The van der Waals surface area contributed by atoms with E-state index in [1.807, 2.05) is 64.1 Å². The number of anilines is 1. The number of para-hydroxylation sites is 1. The second-order valence-electron chi connectivity index (χ2n) is 7.85. The summed E-state index contributed by atoms with van der Waals surface area (Å²) in [4.78, 5) is 27.2. The van der Waals surface area contributed by atoms with E-state index in [1.54, 1.807) is 6.33 Å². The lowest BCUT2D eigenvalue weighted by Crippen LogP contribution is -2.30. The van der Waals surface area contributed by atoms with Crippen LogP contribution in [0.3, 0.4) is 0 Å². The van der Waals surface area contributed by atoms with Gasteiger partial charge in [-0.25, -0.2) is 15.0 Å². The van der Waals surface area contributed by atoms with Crippen LogP contribution in [-0.2, 0) is 4.79 Å². The third-order valence-corrected chi connectivity index (χ3v) is 5.68. The zero-order valence-corrected chi connectivity index (χ0v) is 18.0. The second kappa shape index (κ2) is 9.15. The molecular weight excluding hydrogens is 420 g/mol. The lowest BCUT2D eigenvalue weighted by atomic mass is 10.2. The Morgan fingerprint density at radius 2 is 1.76 bits per heavy atom. The van der Waals surface area contributed by atoms with Crippen molar-refractivity contribution in [3.05, 3.63) is 67.3 Å². The molecular formula is C24H24N6O3. The van der Waals surface area contributed by atoms with E-state index in [9.17, 15) is 4.79 Å². The van der Waals surface area contributed by atoms with E-state index in [1.165, 1.54) is 6.33 Å². The third-order valence-electron chi connectivity index (χ3n) is 5.68. The number of amides is 1. The highest BCUT2D eigenvalue weighted by molar-refractivity contribution is 5.81. The number of carbonyl (C=O) groups excluding carboxylic acids is 1. The van der Waals surface area contributed by atoms with Crippen LogP contribution in [0.4, 0.5) is 5.82 Å². The minimum atomic E-state index is 0.0695. The van der Waals surface area contributed by atoms with Gasteiger partial charge in [-0.3, -0.25) is 4.79 Å². The van der Waals surface area contributed by atoms with Crippen molar-refractivity contribution in [2.45, 2.75) is 18.9 Å². The van der Waals surface area contributed by atoms with E-state index in [4.69, 9.17) is 15.2 Å². The molecule has 1 unspecified atom stereocenters. The Morgan fingerprint density at radius 3 is 2.58 bits per heavy atom. The Morgan fingerprint density at radius 1 is 1.00 bits per heavy atom. The Hall–Kier alpha value is -4.14. The van der Waals surface area contributed by atoms with Crippen LogP contribution in [0.15, 0.2) is 67.3 Å². The predicted molar refractivity (Wildman–Crippen MR) is 123 cm³/mol. The van der Waals surface area contributed by atoms with Gasteiger partial charge >= 0.3 is 0 Å². The summed E-state index contributed by atoms with van der Waals surface area (Å²) in [6.07, 6.45) is 4.31. The molecule has 1 aliphatic rings. The molecule has 5 rings (SSSR count). The molecule has 1 fully saturated rings. The van der Waals surface area contributed by atoms with Crippen LogP contribution in [0.5, 0.6) is 17.2 Å². The quantitative estimate of drug-likeness (QED) is 0.465. The summed E-state index contributed by atoms with van der Waals surface area (Å²) < 4.78 is 13.5. The monoisotopic (exact) mass is 444 g/mol. The molecule has 1 amide bonds. The fourth-order valence-electron chi connectivity index (χ4n) is 3.98. The Labute approximate surface area is 190 Å². The number of aromatic nitrogens is 4. The molecule has 0 spiro atoms. The first kappa shape index (κ1) is 20.7. The SMILES string of the molecule is Nc1ncnc2c1ncn2C1CCN(C(=O)CCOc2ccc(Oc3ccccc3)cc2)C1. The second-order valence-corrected chi connectivity index (χ2v) is 7.85. The molecule has 0 radical (unpaired) electrons. The number of hydrogen-bond acceptors (Lipinski definition) is 7. The van der Waals surface area contributed by atoms with Crippen LogP contribution in [0.25, 0.3) is 11.2 Å². The fourth-order valence-corrected chi connectivity index (χ4v) is 3.98. The number of fused-ring (bicyclic) bond motifs is 1. The molecule has 0 bridgehead atoms.